The van der Waals surface area contributed by atoms with Gasteiger partial charge in [-0.05, 0) is 60.8 Å². The zero-order chi connectivity index (χ0) is 11.3. The zero-order valence-electron chi connectivity index (χ0n) is 8.80. The quantitative estimate of drug-likeness (QED) is 0.551. The second-order valence-corrected chi connectivity index (χ2v) is 7.81. The van der Waals surface area contributed by atoms with Crippen LogP contribution in [0.3, 0.4) is 0 Å². The number of rotatable bonds is 2. The van der Waals surface area contributed by atoms with E-state index in [1.54, 1.807) is 0 Å². The van der Waals surface area contributed by atoms with Crippen molar-refractivity contribution in [3.05, 3.63) is 32.7 Å². The molecule has 3 unspecified atom stereocenters. The van der Waals surface area contributed by atoms with E-state index in [0.717, 1.165) is 17.8 Å². The third kappa shape index (κ3) is 2.15. The Morgan fingerprint density at radius 1 is 1.06 bits per heavy atom. The highest BCUT2D eigenvalue weighted by Gasteiger charge is 2.47. The van der Waals surface area contributed by atoms with Crippen LogP contribution in [0.2, 0.25) is 0 Å². The molecule has 3 heteroatoms. The molecule has 0 heterocycles. The van der Waals surface area contributed by atoms with Gasteiger partial charge in [-0.3, -0.25) is 0 Å². The molecule has 2 aliphatic carbocycles. The van der Waals surface area contributed by atoms with Gasteiger partial charge in [-0.15, -0.1) is 0 Å². The van der Waals surface area contributed by atoms with Gasteiger partial charge in [-0.2, -0.15) is 0 Å². The van der Waals surface area contributed by atoms with Crippen molar-refractivity contribution in [3.8, 4) is 0 Å². The molecule has 86 valence electrons. The molecule has 0 N–H and O–H groups in total. The number of fused-ring (bicyclic) bond motifs is 1. The summed E-state index contributed by atoms with van der Waals surface area (Å²) in [5.41, 5.74) is 1.39. The van der Waals surface area contributed by atoms with Crippen LogP contribution in [-0.2, 0) is 0 Å². The van der Waals surface area contributed by atoms with Crippen molar-refractivity contribution in [3.63, 3.8) is 0 Å². The fourth-order valence-electron chi connectivity index (χ4n) is 2.98. The fourth-order valence-corrected chi connectivity index (χ4v) is 4.97. The van der Waals surface area contributed by atoms with E-state index in [-0.39, 0.29) is 0 Å². The molecule has 1 aromatic rings. The third-order valence-electron chi connectivity index (χ3n) is 3.95. The Labute approximate surface area is 122 Å². The van der Waals surface area contributed by atoms with Gasteiger partial charge < -0.3 is 0 Å². The van der Waals surface area contributed by atoms with E-state index in [0.29, 0.717) is 4.83 Å². The van der Waals surface area contributed by atoms with Gasteiger partial charge in [0.05, 0.1) is 0 Å². The maximum atomic E-state index is 3.90. The van der Waals surface area contributed by atoms with Crippen LogP contribution in [0.15, 0.2) is 27.1 Å². The Balaban J connectivity index is 1.82. The maximum absolute atomic E-state index is 3.90. The standard InChI is InChI=1S/C13H13Br3/c14-10-1-2-12(15)11(6-10)13(16)9-4-7-3-8(7)5-9/h1-2,6-9,13H,3-5H2. The van der Waals surface area contributed by atoms with Gasteiger partial charge in [-0.1, -0.05) is 47.8 Å². The molecule has 2 fully saturated rings. The smallest absolute Gasteiger partial charge is 0.0435 e. The predicted molar refractivity (Wildman–Crippen MR) is 77.8 cm³/mol. The van der Waals surface area contributed by atoms with Crippen LogP contribution in [0, 0.1) is 17.8 Å². The van der Waals surface area contributed by atoms with Crippen LogP contribution in [0.5, 0.6) is 0 Å². The lowest BCUT2D eigenvalue weighted by atomic mass is 9.95. The molecule has 3 atom stereocenters. The average Bonchev–Trinajstić information content (AvgIpc) is 2.88. The van der Waals surface area contributed by atoms with Gasteiger partial charge in [0.25, 0.3) is 0 Å². The first-order valence-electron chi connectivity index (χ1n) is 5.74. The molecule has 16 heavy (non-hydrogen) atoms. The first-order chi connectivity index (χ1) is 7.65. The average molecular weight is 409 g/mol. The molecular weight excluding hydrogens is 396 g/mol. The van der Waals surface area contributed by atoms with Crippen molar-refractivity contribution < 1.29 is 0 Å². The summed E-state index contributed by atoms with van der Waals surface area (Å²) in [4.78, 5) is 0.507. The van der Waals surface area contributed by atoms with Gasteiger partial charge in [0.1, 0.15) is 0 Å². The van der Waals surface area contributed by atoms with Crippen LogP contribution < -0.4 is 0 Å². The monoisotopic (exact) mass is 406 g/mol. The van der Waals surface area contributed by atoms with Crippen LogP contribution in [0.4, 0.5) is 0 Å². The van der Waals surface area contributed by atoms with Gasteiger partial charge in [-0.25, -0.2) is 0 Å². The SMILES string of the molecule is Brc1ccc(Br)c(C(Br)C2CC3CC3C2)c1. The molecule has 1 aromatic carbocycles. The molecule has 0 nitrogen and oxygen atoms in total. The molecule has 2 aliphatic rings. The summed E-state index contributed by atoms with van der Waals surface area (Å²) in [5.74, 6) is 2.93. The summed E-state index contributed by atoms with van der Waals surface area (Å²) in [5, 5.41) is 0. The van der Waals surface area contributed by atoms with Gasteiger partial charge in [0.2, 0.25) is 0 Å². The second kappa shape index (κ2) is 4.40. The van der Waals surface area contributed by atoms with Crippen LogP contribution in [0.25, 0.3) is 0 Å². The zero-order valence-corrected chi connectivity index (χ0v) is 13.6. The number of benzene rings is 1. The Morgan fingerprint density at radius 2 is 1.75 bits per heavy atom. The lowest BCUT2D eigenvalue weighted by molar-refractivity contribution is 0.481. The predicted octanol–water partition coefficient (Wildman–Crippen LogP) is 5.69. The fraction of sp³-hybridized carbons (Fsp3) is 0.538. The van der Waals surface area contributed by atoms with E-state index in [2.05, 4.69) is 66.0 Å². The number of halogens is 3. The van der Waals surface area contributed by atoms with Crippen molar-refractivity contribution in [2.75, 3.05) is 0 Å². The Morgan fingerprint density at radius 3 is 2.44 bits per heavy atom. The molecular formula is C13H13Br3. The molecule has 2 saturated carbocycles. The van der Waals surface area contributed by atoms with E-state index in [9.17, 15) is 0 Å². The molecule has 3 rings (SSSR count). The molecule has 0 radical (unpaired) electrons. The summed E-state index contributed by atoms with van der Waals surface area (Å²) < 4.78 is 2.39. The van der Waals surface area contributed by atoms with Crippen molar-refractivity contribution >= 4 is 47.8 Å². The normalized spacial score (nSPS) is 33.6. The van der Waals surface area contributed by atoms with Gasteiger partial charge in [0, 0.05) is 13.8 Å². The molecule has 0 aromatic heterocycles. The Hall–Kier alpha value is 0.660. The van der Waals surface area contributed by atoms with Gasteiger partial charge >= 0.3 is 0 Å². The first kappa shape index (κ1) is 11.7. The molecule has 0 spiro atoms. The van der Waals surface area contributed by atoms with Crippen molar-refractivity contribution in [1.29, 1.82) is 0 Å². The largest absolute Gasteiger partial charge is 0.0835 e. The number of alkyl halides is 1. The summed E-state index contributed by atoms with van der Waals surface area (Å²) in [6.07, 6.45) is 4.33. The van der Waals surface area contributed by atoms with Crippen molar-refractivity contribution in [1.82, 2.24) is 0 Å². The van der Waals surface area contributed by atoms with Crippen LogP contribution in [-0.4, -0.2) is 0 Å². The maximum Gasteiger partial charge on any atom is 0.0435 e. The molecule has 0 aliphatic heterocycles. The van der Waals surface area contributed by atoms with E-state index >= 15 is 0 Å². The highest BCUT2D eigenvalue weighted by Crippen LogP contribution is 2.59. The topological polar surface area (TPSA) is 0 Å². The molecule has 0 saturated heterocycles. The van der Waals surface area contributed by atoms with E-state index in [4.69, 9.17) is 0 Å². The Bertz CT molecular complexity index is 406. The lowest BCUT2D eigenvalue weighted by Crippen LogP contribution is -2.06. The Kier molecular flexibility index (Phi) is 3.23. The summed E-state index contributed by atoms with van der Waals surface area (Å²) in [6, 6.07) is 6.44. The van der Waals surface area contributed by atoms with Crippen molar-refractivity contribution in [2.45, 2.75) is 24.1 Å². The minimum atomic E-state index is 0.507. The summed E-state index contributed by atoms with van der Waals surface area (Å²) in [7, 11) is 0. The first-order valence-corrected chi connectivity index (χ1v) is 8.24. The van der Waals surface area contributed by atoms with E-state index in [1.165, 1.54) is 33.8 Å². The summed E-state index contributed by atoms with van der Waals surface area (Å²) in [6.45, 7) is 0. The van der Waals surface area contributed by atoms with E-state index < -0.39 is 0 Å². The molecule has 0 amide bonds. The highest BCUT2D eigenvalue weighted by molar-refractivity contribution is 9.11. The second-order valence-electron chi connectivity index (χ2n) is 5.05. The summed E-state index contributed by atoms with van der Waals surface area (Å²) >= 11 is 11.1. The minimum Gasteiger partial charge on any atom is -0.0835 e. The number of hydrogen-bond donors (Lipinski definition) is 0. The van der Waals surface area contributed by atoms with Crippen LogP contribution >= 0.6 is 47.8 Å². The lowest BCUT2D eigenvalue weighted by Gasteiger charge is -2.20. The number of hydrogen-bond acceptors (Lipinski definition) is 0. The highest BCUT2D eigenvalue weighted by atomic mass is 79.9. The van der Waals surface area contributed by atoms with Crippen LogP contribution in [0.1, 0.15) is 29.7 Å². The minimum absolute atomic E-state index is 0.507. The van der Waals surface area contributed by atoms with Crippen molar-refractivity contribution in [2.24, 2.45) is 17.8 Å². The third-order valence-corrected chi connectivity index (χ3v) is 6.41. The van der Waals surface area contributed by atoms with Gasteiger partial charge in [0.15, 0.2) is 0 Å². The van der Waals surface area contributed by atoms with E-state index in [1.807, 2.05) is 0 Å². The molecule has 0 bridgehead atoms.